The summed E-state index contributed by atoms with van der Waals surface area (Å²) >= 11 is 0. The molecule has 0 aliphatic carbocycles. The summed E-state index contributed by atoms with van der Waals surface area (Å²) in [5.41, 5.74) is 2.04. The van der Waals surface area contributed by atoms with E-state index in [4.69, 9.17) is 0 Å². The van der Waals surface area contributed by atoms with Crippen LogP contribution in [0.4, 0.5) is 0 Å². The number of rotatable bonds is 7. The van der Waals surface area contributed by atoms with Gasteiger partial charge in [-0.3, -0.25) is 4.68 Å². The Labute approximate surface area is 131 Å². The van der Waals surface area contributed by atoms with Crippen molar-refractivity contribution in [2.75, 3.05) is 0 Å². The standard InChI is InChI=1S/C18H22N4/c1-2-3-4-8-11-17-19-12-16-14-22(21-18(16)20-17)13-15-9-6-5-7-10-15/h5-7,9-10,12,14H,2-4,8,11,13H2,1H3. The predicted octanol–water partition coefficient (Wildman–Crippen LogP) is 4.00. The van der Waals surface area contributed by atoms with Crippen LogP contribution in [-0.4, -0.2) is 19.7 Å². The van der Waals surface area contributed by atoms with E-state index in [-0.39, 0.29) is 0 Å². The quantitative estimate of drug-likeness (QED) is 0.619. The van der Waals surface area contributed by atoms with Crippen LogP contribution in [0.2, 0.25) is 0 Å². The maximum absolute atomic E-state index is 4.59. The van der Waals surface area contributed by atoms with Gasteiger partial charge in [0.2, 0.25) is 0 Å². The summed E-state index contributed by atoms with van der Waals surface area (Å²) in [6, 6.07) is 10.3. The van der Waals surface area contributed by atoms with Crippen molar-refractivity contribution < 1.29 is 0 Å². The van der Waals surface area contributed by atoms with E-state index in [2.05, 4.69) is 34.1 Å². The van der Waals surface area contributed by atoms with Gasteiger partial charge in [0.1, 0.15) is 5.82 Å². The number of nitrogens with zero attached hydrogens (tertiary/aromatic N) is 4. The fraction of sp³-hybridized carbons (Fsp3) is 0.389. The Kier molecular flexibility index (Phi) is 4.78. The number of aromatic nitrogens is 4. The zero-order chi connectivity index (χ0) is 15.2. The smallest absolute Gasteiger partial charge is 0.184 e. The molecule has 0 saturated heterocycles. The highest BCUT2D eigenvalue weighted by Crippen LogP contribution is 2.12. The van der Waals surface area contributed by atoms with Gasteiger partial charge in [-0.1, -0.05) is 56.5 Å². The molecule has 0 N–H and O–H groups in total. The largest absolute Gasteiger partial charge is 0.265 e. The van der Waals surface area contributed by atoms with Gasteiger partial charge < -0.3 is 0 Å². The molecule has 2 heterocycles. The van der Waals surface area contributed by atoms with E-state index in [9.17, 15) is 0 Å². The molecular weight excluding hydrogens is 272 g/mol. The van der Waals surface area contributed by atoms with Crippen molar-refractivity contribution in [2.24, 2.45) is 0 Å². The van der Waals surface area contributed by atoms with Gasteiger partial charge in [-0.05, 0) is 12.0 Å². The Morgan fingerprint density at radius 1 is 1.05 bits per heavy atom. The highest BCUT2D eigenvalue weighted by Gasteiger charge is 2.05. The number of hydrogen-bond donors (Lipinski definition) is 0. The summed E-state index contributed by atoms with van der Waals surface area (Å²) in [6.45, 7) is 2.99. The van der Waals surface area contributed by atoms with Crippen molar-refractivity contribution >= 4 is 11.0 Å². The van der Waals surface area contributed by atoms with Crippen LogP contribution in [0.5, 0.6) is 0 Å². The average Bonchev–Trinajstić information content (AvgIpc) is 2.94. The minimum Gasteiger partial charge on any atom is -0.265 e. The zero-order valence-corrected chi connectivity index (χ0v) is 13.1. The number of benzene rings is 1. The summed E-state index contributed by atoms with van der Waals surface area (Å²) in [5, 5.41) is 5.59. The lowest BCUT2D eigenvalue weighted by molar-refractivity contribution is 0.652. The van der Waals surface area contributed by atoms with Gasteiger partial charge in [-0.25, -0.2) is 9.97 Å². The second kappa shape index (κ2) is 7.16. The van der Waals surface area contributed by atoms with Crippen molar-refractivity contribution in [3.8, 4) is 0 Å². The summed E-state index contributed by atoms with van der Waals surface area (Å²) < 4.78 is 1.94. The minimum absolute atomic E-state index is 0.767. The normalized spacial score (nSPS) is 11.1. The first-order valence-corrected chi connectivity index (χ1v) is 8.08. The van der Waals surface area contributed by atoms with Gasteiger partial charge in [-0.2, -0.15) is 5.10 Å². The highest BCUT2D eigenvalue weighted by molar-refractivity contribution is 5.72. The topological polar surface area (TPSA) is 43.6 Å². The van der Waals surface area contributed by atoms with E-state index in [1.54, 1.807) is 0 Å². The number of fused-ring (bicyclic) bond motifs is 1. The lowest BCUT2D eigenvalue weighted by atomic mass is 10.1. The molecule has 4 nitrogen and oxygen atoms in total. The monoisotopic (exact) mass is 294 g/mol. The van der Waals surface area contributed by atoms with Crippen LogP contribution in [0.3, 0.4) is 0 Å². The Bertz CT molecular complexity index is 718. The Morgan fingerprint density at radius 3 is 2.73 bits per heavy atom. The van der Waals surface area contributed by atoms with Crippen LogP contribution < -0.4 is 0 Å². The summed E-state index contributed by atoms with van der Waals surface area (Å²) in [7, 11) is 0. The minimum atomic E-state index is 0.767. The number of unbranched alkanes of at least 4 members (excludes halogenated alkanes) is 3. The van der Waals surface area contributed by atoms with E-state index in [1.807, 2.05) is 35.3 Å². The van der Waals surface area contributed by atoms with Crippen LogP contribution in [-0.2, 0) is 13.0 Å². The lowest BCUT2D eigenvalue weighted by Crippen LogP contribution is -2.00. The molecule has 22 heavy (non-hydrogen) atoms. The average molecular weight is 294 g/mol. The maximum atomic E-state index is 4.59. The maximum Gasteiger partial charge on any atom is 0.184 e. The fourth-order valence-electron chi connectivity index (χ4n) is 2.58. The van der Waals surface area contributed by atoms with Gasteiger partial charge >= 0.3 is 0 Å². The van der Waals surface area contributed by atoms with Crippen molar-refractivity contribution in [3.63, 3.8) is 0 Å². The van der Waals surface area contributed by atoms with Gasteiger partial charge in [0, 0.05) is 18.8 Å². The van der Waals surface area contributed by atoms with Crippen LogP contribution in [0.15, 0.2) is 42.7 Å². The molecule has 4 heteroatoms. The van der Waals surface area contributed by atoms with E-state index in [1.165, 1.54) is 24.8 Å². The van der Waals surface area contributed by atoms with Crippen LogP contribution in [0.1, 0.15) is 44.0 Å². The molecule has 0 atom stereocenters. The first kappa shape index (κ1) is 14.7. The first-order valence-electron chi connectivity index (χ1n) is 8.08. The van der Waals surface area contributed by atoms with Crippen LogP contribution >= 0.6 is 0 Å². The molecule has 0 amide bonds. The van der Waals surface area contributed by atoms with Crippen molar-refractivity contribution in [3.05, 3.63) is 54.1 Å². The molecule has 2 aromatic heterocycles. The van der Waals surface area contributed by atoms with E-state index in [0.29, 0.717) is 0 Å². The van der Waals surface area contributed by atoms with Crippen molar-refractivity contribution in [2.45, 2.75) is 45.6 Å². The molecule has 3 rings (SSSR count). The fourth-order valence-corrected chi connectivity index (χ4v) is 2.58. The molecular formula is C18H22N4. The third kappa shape index (κ3) is 3.70. The predicted molar refractivity (Wildman–Crippen MR) is 88.7 cm³/mol. The molecule has 0 unspecified atom stereocenters. The Hall–Kier alpha value is -2.23. The molecule has 3 aromatic rings. The molecule has 0 spiro atoms. The van der Waals surface area contributed by atoms with E-state index >= 15 is 0 Å². The molecule has 0 saturated carbocycles. The molecule has 0 aliphatic rings. The second-order valence-corrected chi connectivity index (χ2v) is 5.69. The third-order valence-corrected chi connectivity index (χ3v) is 3.80. The Balaban J connectivity index is 1.70. The number of aryl methyl sites for hydroxylation is 1. The van der Waals surface area contributed by atoms with Crippen LogP contribution in [0, 0.1) is 0 Å². The third-order valence-electron chi connectivity index (χ3n) is 3.80. The van der Waals surface area contributed by atoms with Gasteiger partial charge in [0.25, 0.3) is 0 Å². The van der Waals surface area contributed by atoms with Gasteiger partial charge in [0.05, 0.1) is 11.9 Å². The SMILES string of the molecule is CCCCCCc1ncc2cn(Cc3ccccc3)nc2n1. The van der Waals surface area contributed by atoms with E-state index < -0.39 is 0 Å². The van der Waals surface area contributed by atoms with Crippen LogP contribution in [0.25, 0.3) is 11.0 Å². The van der Waals surface area contributed by atoms with E-state index in [0.717, 1.165) is 36.2 Å². The highest BCUT2D eigenvalue weighted by atomic mass is 15.3. The first-order chi connectivity index (χ1) is 10.8. The van der Waals surface area contributed by atoms with Gasteiger partial charge in [-0.15, -0.1) is 0 Å². The molecule has 1 aromatic carbocycles. The lowest BCUT2D eigenvalue weighted by Gasteiger charge is -2.00. The molecule has 0 radical (unpaired) electrons. The summed E-state index contributed by atoms with van der Waals surface area (Å²) in [5.74, 6) is 0.911. The summed E-state index contributed by atoms with van der Waals surface area (Å²) in [6.07, 6.45) is 9.80. The van der Waals surface area contributed by atoms with Crippen molar-refractivity contribution in [1.29, 1.82) is 0 Å². The molecule has 114 valence electrons. The number of hydrogen-bond acceptors (Lipinski definition) is 3. The second-order valence-electron chi connectivity index (χ2n) is 5.69. The van der Waals surface area contributed by atoms with Gasteiger partial charge in [0.15, 0.2) is 5.65 Å². The Morgan fingerprint density at radius 2 is 1.91 bits per heavy atom. The zero-order valence-electron chi connectivity index (χ0n) is 13.1. The van der Waals surface area contributed by atoms with Crippen molar-refractivity contribution in [1.82, 2.24) is 19.7 Å². The molecule has 0 aliphatic heterocycles. The molecule has 0 fully saturated rings. The molecule has 0 bridgehead atoms. The summed E-state index contributed by atoms with van der Waals surface area (Å²) in [4.78, 5) is 9.05.